The van der Waals surface area contributed by atoms with E-state index in [1.165, 1.54) is 24.6 Å². The number of hydrogen-bond acceptors (Lipinski definition) is 5. The van der Waals surface area contributed by atoms with E-state index < -0.39 is 0 Å². The van der Waals surface area contributed by atoms with E-state index in [-0.39, 0.29) is 11.9 Å². The molecule has 152 valence electrons. The molecule has 0 radical (unpaired) electrons. The lowest BCUT2D eigenvalue weighted by Crippen LogP contribution is -2.37. The van der Waals surface area contributed by atoms with E-state index in [4.69, 9.17) is 0 Å². The number of nitrogens with zero attached hydrogens (tertiary/aromatic N) is 4. The summed E-state index contributed by atoms with van der Waals surface area (Å²) < 4.78 is 1.76. The van der Waals surface area contributed by atoms with Crippen molar-refractivity contribution < 1.29 is 4.79 Å². The van der Waals surface area contributed by atoms with Gasteiger partial charge in [0.1, 0.15) is 0 Å². The molecule has 1 fully saturated rings. The van der Waals surface area contributed by atoms with Crippen LogP contribution in [-0.4, -0.2) is 31.5 Å². The monoisotopic (exact) mass is 409 g/mol. The van der Waals surface area contributed by atoms with Crippen molar-refractivity contribution in [3.8, 4) is 0 Å². The molecule has 1 N–H and O–H groups in total. The van der Waals surface area contributed by atoms with Crippen LogP contribution in [0.1, 0.15) is 59.9 Å². The molecule has 1 aromatic carbocycles. The Balaban J connectivity index is 1.46. The number of fused-ring (bicyclic) bond motifs is 1. The largest absolute Gasteiger partial charge is 0.349 e. The van der Waals surface area contributed by atoms with E-state index in [1.54, 1.807) is 4.52 Å². The maximum absolute atomic E-state index is 12.9. The first-order valence-corrected chi connectivity index (χ1v) is 11.2. The molecule has 0 atom stereocenters. The number of hydrogen-bond donors (Lipinski definition) is 1. The third kappa shape index (κ3) is 4.61. The molecule has 1 aliphatic carbocycles. The fraction of sp³-hybridized carbons (Fsp3) is 0.455. The van der Waals surface area contributed by atoms with Crippen LogP contribution in [0.2, 0.25) is 0 Å². The van der Waals surface area contributed by atoms with Gasteiger partial charge >= 0.3 is 0 Å². The van der Waals surface area contributed by atoms with Crippen LogP contribution in [-0.2, 0) is 5.75 Å². The van der Waals surface area contributed by atoms with Crippen molar-refractivity contribution >= 4 is 23.4 Å². The van der Waals surface area contributed by atoms with Crippen molar-refractivity contribution in [2.75, 3.05) is 0 Å². The summed E-state index contributed by atoms with van der Waals surface area (Å²) in [7, 11) is 0. The predicted octanol–water partition coefficient (Wildman–Crippen LogP) is 4.34. The number of rotatable bonds is 5. The highest BCUT2D eigenvalue weighted by Gasteiger charge is 2.21. The number of aromatic nitrogens is 4. The molecule has 29 heavy (non-hydrogen) atoms. The molecule has 2 aromatic heterocycles. The van der Waals surface area contributed by atoms with Gasteiger partial charge < -0.3 is 5.32 Å². The number of aryl methyl sites for hydroxylation is 2. The Hall–Kier alpha value is -2.41. The lowest BCUT2D eigenvalue weighted by Gasteiger charge is -2.27. The van der Waals surface area contributed by atoms with E-state index in [9.17, 15) is 4.79 Å². The molecular formula is C22H27N5OS. The van der Waals surface area contributed by atoms with Crippen molar-refractivity contribution in [1.29, 1.82) is 0 Å². The van der Waals surface area contributed by atoms with Crippen LogP contribution in [0.15, 0.2) is 35.5 Å². The smallest absolute Gasteiger partial charge is 0.253 e. The minimum absolute atomic E-state index is 0.0249. The van der Waals surface area contributed by atoms with Crippen LogP contribution >= 0.6 is 11.8 Å². The molecule has 6 nitrogen and oxygen atoms in total. The van der Waals surface area contributed by atoms with Crippen LogP contribution in [0.5, 0.6) is 0 Å². The SMILES string of the molecule is Cc1cc(C)n2nc(SCc3ccccc3C(=O)NC3CCC(C)CC3)nc2n1. The third-order valence-corrected chi connectivity index (χ3v) is 6.46. The molecule has 1 saturated carbocycles. The molecule has 0 aliphatic heterocycles. The number of amides is 1. The van der Waals surface area contributed by atoms with Crippen LogP contribution in [0.3, 0.4) is 0 Å². The molecule has 0 spiro atoms. The highest BCUT2D eigenvalue weighted by molar-refractivity contribution is 7.98. The van der Waals surface area contributed by atoms with E-state index in [2.05, 4.69) is 27.3 Å². The minimum Gasteiger partial charge on any atom is -0.349 e. The zero-order valence-corrected chi connectivity index (χ0v) is 18.0. The Labute approximate surface area is 175 Å². The van der Waals surface area contributed by atoms with Crippen LogP contribution in [0, 0.1) is 19.8 Å². The van der Waals surface area contributed by atoms with Gasteiger partial charge in [0.05, 0.1) is 0 Å². The first-order chi connectivity index (χ1) is 14.0. The number of carbonyl (C=O) groups is 1. The Morgan fingerprint density at radius 3 is 2.72 bits per heavy atom. The second-order valence-electron chi connectivity index (χ2n) is 8.02. The van der Waals surface area contributed by atoms with Crippen molar-refractivity contribution in [2.24, 2.45) is 5.92 Å². The highest BCUT2D eigenvalue weighted by Crippen LogP contribution is 2.25. The van der Waals surface area contributed by atoms with Gasteiger partial charge in [0.15, 0.2) is 0 Å². The molecule has 2 heterocycles. The molecule has 0 bridgehead atoms. The second-order valence-corrected chi connectivity index (χ2v) is 8.96. The van der Waals surface area contributed by atoms with Crippen LogP contribution in [0.4, 0.5) is 0 Å². The Morgan fingerprint density at radius 1 is 1.17 bits per heavy atom. The van der Waals surface area contributed by atoms with Gasteiger partial charge in [-0.05, 0) is 63.1 Å². The molecular weight excluding hydrogens is 382 g/mol. The summed E-state index contributed by atoms with van der Waals surface area (Å²) >= 11 is 1.53. The van der Waals surface area contributed by atoms with Crippen molar-refractivity contribution in [3.05, 3.63) is 52.8 Å². The summed E-state index contributed by atoms with van der Waals surface area (Å²) in [6.45, 7) is 6.24. The average Bonchev–Trinajstić information content (AvgIpc) is 3.11. The van der Waals surface area contributed by atoms with Gasteiger partial charge in [0.2, 0.25) is 5.16 Å². The van der Waals surface area contributed by atoms with Gasteiger partial charge in [-0.3, -0.25) is 4.79 Å². The highest BCUT2D eigenvalue weighted by atomic mass is 32.2. The van der Waals surface area contributed by atoms with Crippen LogP contribution in [0.25, 0.3) is 5.78 Å². The fourth-order valence-electron chi connectivity index (χ4n) is 3.89. The summed E-state index contributed by atoms with van der Waals surface area (Å²) in [4.78, 5) is 21.9. The normalized spacial score (nSPS) is 19.4. The van der Waals surface area contributed by atoms with E-state index in [0.717, 1.165) is 41.3 Å². The zero-order chi connectivity index (χ0) is 20.4. The second kappa shape index (κ2) is 8.53. The summed E-state index contributed by atoms with van der Waals surface area (Å²) in [6, 6.07) is 10.1. The topological polar surface area (TPSA) is 72.2 Å². The lowest BCUT2D eigenvalue weighted by atomic mass is 9.87. The predicted molar refractivity (Wildman–Crippen MR) is 115 cm³/mol. The van der Waals surface area contributed by atoms with E-state index >= 15 is 0 Å². The lowest BCUT2D eigenvalue weighted by molar-refractivity contribution is 0.0922. The van der Waals surface area contributed by atoms with Crippen molar-refractivity contribution in [1.82, 2.24) is 24.9 Å². The minimum atomic E-state index is 0.0249. The van der Waals surface area contributed by atoms with Gasteiger partial charge in [-0.1, -0.05) is 36.9 Å². The standard InChI is InChI=1S/C22H27N5OS/c1-14-8-10-18(11-9-14)24-20(28)19-7-5-4-6-17(19)13-29-22-25-21-23-15(2)12-16(3)27(21)26-22/h4-7,12,14,18H,8-11,13H2,1-3H3,(H,24,28). The van der Waals surface area contributed by atoms with Gasteiger partial charge in [-0.2, -0.15) is 4.98 Å². The molecule has 0 unspecified atom stereocenters. The Bertz CT molecular complexity index is 1020. The van der Waals surface area contributed by atoms with Crippen molar-refractivity contribution in [2.45, 2.75) is 63.4 Å². The quantitative estimate of drug-likeness (QED) is 0.635. The Kier molecular flexibility index (Phi) is 5.85. The summed E-state index contributed by atoms with van der Waals surface area (Å²) in [5.41, 5.74) is 3.68. The number of nitrogens with one attached hydrogen (secondary N) is 1. The third-order valence-electron chi connectivity index (χ3n) is 5.57. The average molecular weight is 410 g/mol. The number of benzene rings is 1. The molecule has 1 aliphatic rings. The maximum Gasteiger partial charge on any atom is 0.253 e. The first kappa shape index (κ1) is 19.9. The number of thioether (sulfide) groups is 1. The molecule has 1 amide bonds. The van der Waals surface area contributed by atoms with Gasteiger partial charge in [-0.25, -0.2) is 9.50 Å². The first-order valence-electron chi connectivity index (χ1n) is 10.2. The number of carbonyl (C=O) groups excluding carboxylic acids is 1. The molecule has 0 saturated heterocycles. The Morgan fingerprint density at radius 2 is 1.93 bits per heavy atom. The van der Waals surface area contributed by atoms with Gasteiger partial charge in [0.25, 0.3) is 11.7 Å². The molecule has 3 aromatic rings. The zero-order valence-electron chi connectivity index (χ0n) is 17.2. The molecule has 4 rings (SSSR count). The molecule has 7 heteroatoms. The fourth-order valence-corrected chi connectivity index (χ4v) is 4.71. The van der Waals surface area contributed by atoms with Crippen LogP contribution < -0.4 is 5.32 Å². The summed E-state index contributed by atoms with van der Waals surface area (Å²) in [5.74, 6) is 2.05. The summed E-state index contributed by atoms with van der Waals surface area (Å²) in [5, 5.41) is 8.45. The van der Waals surface area contributed by atoms with Gasteiger partial charge in [-0.15, -0.1) is 5.10 Å². The van der Waals surface area contributed by atoms with E-state index in [0.29, 0.717) is 16.7 Å². The summed E-state index contributed by atoms with van der Waals surface area (Å²) in [6.07, 6.45) is 4.52. The van der Waals surface area contributed by atoms with Crippen molar-refractivity contribution in [3.63, 3.8) is 0 Å². The van der Waals surface area contributed by atoms with E-state index in [1.807, 2.05) is 44.2 Å². The van der Waals surface area contributed by atoms with Gasteiger partial charge in [0, 0.05) is 28.7 Å². The maximum atomic E-state index is 12.9.